The van der Waals surface area contributed by atoms with Crippen molar-refractivity contribution < 1.29 is 13.7 Å². The topological polar surface area (TPSA) is 84.5 Å². The van der Waals surface area contributed by atoms with Crippen LogP contribution in [0.5, 0.6) is 5.75 Å². The Morgan fingerprint density at radius 3 is 2.36 bits per heavy atom. The summed E-state index contributed by atoms with van der Waals surface area (Å²) < 4.78 is 12.5. The van der Waals surface area contributed by atoms with E-state index < -0.39 is 15.9 Å². The number of aryl methyl sites for hydroxylation is 1. The average Bonchev–Trinajstić information content (AvgIpc) is 3.43. The SMILES string of the molecule is Cc1cccc(C2(Cc3nc(C(=O)N(CCOS(C)(C)C(C)(C)C)C(C)C)c(OCc4ccccc4)c(=O)[nH]3)CCCC2)c1. The van der Waals surface area contributed by atoms with Crippen LogP contribution in [0.3, 0.4) is 0 Å². The first kappa shape index (κ1) is 33.8. The van der Waals surface area contributed by atoms with Crippen molar-refractivity contribution in [2.24, 2.45) is 0 Å². The highest BCUT2D eigenvalue weighted by Crippen LogP contribution is 2.53. The van der Waals surface area contributed by atoms with Gasteiger partial charge in [-0.15, -0.1) is 10.3 Å². The van der Waals surface area contributed by atoms with Crippen LogP contribution in [0.4, 0.5) is 0 Å². The van der Waals surface area contributed by atoms with Crippen molar-refractivity contribution in [3.05, 3.63) is 93.2 Å². The van der Waals surface area contributed by atoms with Crippen molar-refractivity contribution in [2.75, 3.05) is 25.7 Å². The number of benzene rings is 2. The lowest BCUT2D eigenvalue weighted by molar-refractivity contribution is 0.0666. The molecule has 0 bridgehead atoms. The molecule has 0 spiro atoms. The minimum Gasteiger partial charge on any atom is -0.481 e. The van der Waals surface area contributed by atoms with Gasteiger partial charge in [0.25, 0.3) is 11.5 Å². The minimum atomic E-state index is -1.35. The molecule has 1 aliphatic rings. The van der Waals surface area contributed by atoms with Gasteiger partial charge in [0.1, 0.15) is 12.4 Å². The number of carbonyl (C=O) groups is 1. The van der Waals surface area contributed by atoms with Crippen LogP contribution in [-0.2, 0) is 22.6 Å². The third kappa shape index (κ3) is 7.94. The van der Waals surface area contributed by atoms with Gasteiger partial charge in [-0.3, -0.25) is 9.59 Å². The molecule has 240 valence electrons. The summed E-state index contributed by atoms with van der Waals surface area (Å²) in [6.07, 6.45) is 9.13. The molecule has 4 rings (SSSR count). The van der Waals surface area contributed by atoms with Gasteiger partial charge in [0, 0.05) is 29.2 Å². The second kappa shape index (κ2) is 13.9. The number of H-pyrrole nitrogens is 1. The Labute approximate surface area is 265 Å². The molecular weight excluding hydrogens is 570 g/mol. The standard InChI is InChI=1S/C36H51N3O4S/c1-26(2)39(21-22-43-44(7,8)35(4,5)6)34(41)31-32(42-25-28-16-10-9-11-17-28)33(40)38-30(37-31)24-36(19-12-13-20-36)29-18-14-15-27(3)23-29/h9-11,14-18,23,26H,12-13,19-22,24-25H2,1-8H3,(H,37,38,40). The smallest absolute Gasteiger partial charge is 0.294 e. The van der Waals surface area contributed by atoms with E-state index in [2.05, 4.69) is 69.5 Å². The number of hydrogen-bond donors (Lipinski definition) is 1. The van der Waals surface area contributed by atoms with Crippen molar-refractivity contribution in [3.63, 3.8) is 0 Å². The van der Waals surface area contributed by atoms with Crippen molar-refractivity contribution in [2.45, 2.75) is 96.5 Å². The van der Waals surface area contributed by atoms with E-state index in [0.29, 0.717) is 25.4 Å². The zero-order valence-electron chi connectivity index (χ0n) is 27.9. The highest BCUT2D eigenvalue weighted by atomic mass is 32.3. The highest BCUT2D eigenvalue weighted by molar-refractivity contribution is 8.29. The molecule has 1 heterocycles. The summed E-state index contributed by atoms with van der Waals surface area (Å²) >= 11 is 0. The predicted molar refractivity (Wildman–Crippen MR) is 182 cm³/mol. The zero-order chi connectivity index (χ0) is 32.1. The molecule has 2 aromatic carbocycles. The largest absolute Gasteiger partial charge is 0.481 e. The van der Waals surface area contributed by atoms with Gasteiger partial charge in [0.15, 0.2) is 5.69 Å². The van der Waals surface area contributed by atoms with Gasteiger partial charge in [0.05, 0.1) is 6.61 Å². The molecule has 1 fully saturated rings. The maximum atomic E-state index is 14.3. The first-order valence-corrected chi connectivity index (χ1v) is 18.2. The Hall–Kier alpha value is -3.10. The zero-order valence-corrected chi connectivity index (χ0v) is 28.7. The molecule has 0 unspecified atom stereocenters. The highest BCUT2D eigenvalue weighted by Gasteiger charge is 2.38. The molecule has 3 aromatic rings. The van der Waals surface area contributed by atoms with Gasteiger partial charge >= 0.3 is 0 Å². The molecular formula is C36H51N3O4S. The predicted octanol–water partition coefficient (Wildman–Crippen LogP) is 7.36. The Balaban J connectivity index is 1.69. The third-order valence-corrected chi connectivity index (χ3v) is 12.8. The molecule has 0 saturated heterocycles. The summed E-state index contributed by atoms with van der Waals surface area (Å²) in [6.45, 7) is 13.5. The van der Waals surface area contributed by atoms with E-state index in [1.807, 2.05) is 44.2 Å². The monoisotopic (exact) mass is 621 g/mol. The molecule has 1 aromatic heterocycles. The third-order valence-electron chi connectivity index (χ3n) is 9.12. The second-order valence-electron chi connectivity index (χ2n) is 13.8. The van der Waals surface area contributed by atoms with Crippen LogP contribution < -0.4 is 10.3 Å². The molecule has 1 saturated carbocycles. The van der Waals surface area contributed by atoms with E-state index in [0.717, 1.165) is 31.2 Å². The minimum absolute atomic E-state index is 0.00872. The van der Waals surface area contributed by atoms with Crippen molar-refractivity contribution in [3.8, 4) is 5.75 Å². The number of aromatic amines is 1. The van der Waals surface area contributed by atoms with E-state index in [1.165, 1.54) is 11.1 Å². The molecule has 8 heteroatoms. The molecule has 1 N–H and O–H groups in total. The molecule has 44 heavy (non-hydrogen) atoms. The van der Waals surface area contributed by atoms with Gasteiger partial charge in [-0.05, 0) is 57.3 Å². The first-order valence-electron chi connectivity index (χ1n) is 15.8. The van der Waals surface area contributed by atoms with Crippen molar-refractivity contribution in [1.29, 1.82) is 0 Å². The van der Waals surface area contributed by atoms with Crippen LogP contribution in [0.15, 0.2) is 59.4 Å². The molecule has 1 aliphatic carbocycles. The van der Waals surface area contributed by atoms with Crippen LogP contribution in [0.2, 0.25) is 0 Å². The Kier molecular flexibility index (Phi) is 10.7. The van der Waals surface area contributed by atoms with E-state index in [1.54, 1.807) is 4.90 Å². The maximum absolute atomic E-state index is 14.3. The second-order valence-corrected chi connectivity index (χ2v) is 17.7. The summed E-state index contributed by atoms with van der Waals surface area (Å²) in [5.74, 6) is 0.163. The number of nitrogens with zero attached hydrogens (tertiary/aromatic N) is 2. The van der Waals surface area contributed by atoms with E-state index in [-0.39, 0.29) is 40.2 Å². The lowest BCUT2D eigenvalue weighted by atomic mass is 9.75. The summed E-state index contributed by atoms with van der Waals surface area (Å²) in [7, 11) is -1.35. The van der Waals surface area contributed by atoms with Gasteiger partial charge in [-0.1, -0.05) is 93.8 Å². The van der Waals surface area contributed by atoms with Gasteiger partial charge in [0.2, 0.25) is 5.75 Å². The fourth-order valence-corrected chi connectivity index (χ4v) is 6.61. The molecule has 0 radical (unpaired) electrons. The summed E-state index contributed by atoms with van der Waals surface area (Å²) in [5.41, 5.74) is 2.88. The molecule has 1 amide bonds. The van der Waals surface area contributed by atoms with E-state index in [9.17, 15) is 9.59 Å². The van der Waals surface area contributed by atoms with Crippen LogP contribution >= 0.6 is 10.3 Å². The average molecular weight is 622 g/mol. The number of aromatic nitrogens is 2. The fourth-order valence-electron chi connectivity index (χ4n) is 5.77. The lowest BCUT2D eigenvalue weighted by Crippen LogP contribution is -2.41. The van der Waals surface area contributed by atoms with Crippen LogP contribution in [0, 0.1) is 6.92 Å². The summed E-state index contributed by atoms with van der Waals surface area (Å²) in [5, 5.41) is 0. The quantitative estimate of drug-likeness (QED) is 0.229. The summed E-state index contributed by atoms with van der Waals surface area (Å²) in [6, 6.07) is 18.1. The van der Waals surface area contributed by atoms with Gasteiger partial charge in [-0.2, -0.15) is 0 Å². The number of ether oxygens (including phenoxy) is 1. The number of rotatable bonds is 12. The first-order chi connectivity index (χ1) is 20.7. The Morgan fingerprint density at radius 1 is 1.07 bits per heavy atom. The Morgan fingerprint density at radius 2 is 1.75 bits per heavy atom. The van der Waals surface area contributed by atoms with Crippen molar-refractivity contribution in [1.82, 2.24) is 14.9 Å². The van der Waals surface area contributed by atoms with Crippen LogP contribution in [-0.4, -0.2) is 57.2 Å². The fraction of sp³-hybridized carbons (Fsp3) is 0.528. The lowest BCUT2D eigenvalue weighted by Gasteiger charge is -2.44. The van der Waals surface area contributed by atoms with Gasteiger partial charge < -0.3 is 18.8 Å². The maximum Gasteiger partial charge on any atom is 0.294 e. The Bertz CT molecular complexity index is 1470. The normalized spacial score (nSPS) is 15.4. The molecule has 0 atom stereocenters. The van der Waals surface area contributed by atoms with E-state index in [4.69, 9.17) is 13.9 Å². The van der Waals surface area contributed by atoms with E-state index >= 15 is 0 Å². The van der Waals surface area contributed by atoms with Crippen LogP contribution in [0.1, 0.15) is 93.3 Å². The molecule has 0 aliphatic heterocycles. The molecule has 7 nitrogen and oxygen atoms in total. The number of nitrogens with one attached hydrogen (secondary N) is 1. The van der Waals surface area contributed by atoms with Gasteiger partial charge in [-0.25, -0.2) is 4.98 Å². The number of amides is 1. The summed E-state index contributed by atoms with van der Waals surface area (Å²) in [4.78, 5) is 37.6. The number of hydrogen-bond acceptors (Lipinski definition) is 5. The number of carbonyl (C=O) groups excluding carboxylic acids is 1. The van der Waals surface area contributed by atoms with Crippen molar-refractivity contribution >= 4 is 16.2 Å². The van der Waals surface area contributed by atoms with Crippen LogP contribution in [0.25, 0.3) is 0 Å².